The minimum absolute atomic E-state index is 0. The van der Waals surface area contributed by atoms with Gasteiger partial charge in [-0.2, -0.15) is 0 Å². The lowest BCUT2D eigenvalue weighted by Gasteiger charge is -1.95. The Balaban J connectivity index is 0. The van der Waals surface area contributed by atoms with Gasteiger partial charge in [-0.15, -0.1) is 24.8 Å². The quantitative estimate of drug-likeness (QED) is 0.769. The number of nitrogens with two attached hydrogens (primary N) is 1. The van der Waals surface area contributed by atoms with Crippen molar-refractivity contribution in [2.45, 2.75) is 6.42 Å². The third kappa shape index (κ3) is 6.13. The van der Waals surface area contributed by atoms with E-state index in [4.69, 9.17) is 5.73 Å². The second-order valence-electron chi connectivity index (χ2n) is 2.39. The minimum atomic E-state index is 0. The Morgan fingerprint density at radius 3 is 2.40 bits per heavy atom. The lowest BCUT2D eigenvalue weighted by atomic mass is 10.3. The monoisotopic (exact) mass is 248 g/mol. The molecule has 0 fully saturated rings. The maximum Gasteiger partial charge on any atom is 0.222 e. The average molecular weight is 249 g/mol. The lowest BCUT2D eigenvalue weighted by Crippen LogP contribution is -1.96. The van der Waals surface area contributed by atoms with Crippen molar-refractivity contribution in [1.82, 2.24) is 9.97 Å². The van der Waals surface area contributed by atoms with Crippen molar-refractivity contribution >= 4 is 30.8 Å². The Morgan fingerprint density at radius 2 is 1.93 bits per heavy atom. The molecule has 15 heavy (non-hydrogen) atoms. The summed E-state index contributed by atoms with van der Waals surface area (Å²) in [6.07, 6.45) is 4.07. The fourth-order valence-corrected chi connectivity index (χ4v) is 0.758. The molecule has 0 saturated carbocycles. The first-order valence-electron chi connectivity index (χ1n) is 4.05. The summed E-state index contributed by atoms with van der Waals surface area (Å²) in [6.45, 7) is 0.586. The van der Waals surface area contributed by atoms with Crippen molar-refractivity contribution < 1.29 is 0 Å². The first-order valence-corrected chi connectivity index (χ1v) is 4.05. The van der Waals surface area contributed by atoms with E-state index in [1.165, 1.54) is 0 Å². The predicted octanol–water partition coefficient (Wildman–Crippen LogP) is 1.06. The molecular weight excluding hydrogens is 235 g/mol. The van der Waals surface area contributed by atoms with Crippen LogP contribution in [0.4, 0.5) is 5.95 Å². The van der Waals surface area contributed by atoms with Crippen molar-refractivity contribution in [3.63, 3.8) is 0 Å². The Kier molecular flexibility index (Phi) is 10.4. The Hall–Kier alpha value is -1.02. The number of nitrogens with zero attached hydrogens (tertiary/aromatic N) is 2. The van der Waals surface area contributed by atoms with Crippen LogP contribution in [0.2, 0.25) is 0 Å². The van der Waals surface area contributed by atoms with E-state index in [9.17, 15) is 0 Å². The van der Waals surface area contributed by atoms with Crippen molar-refractivity contribution in [3.8, 4) is 11.8 Å². The molecule has 0 saturated heterocycles. The summed E-state index contributed by atoms with van der Waals surface area (Å²) in [5, 5.41) is 2.83. The molecule has 0 spiro atoms. The normalized spacial score (nSPS) is 7.60. The van der Waals surface area contributed by atoms with Gasteiger partial charge in [-0.3, -0.25) is 0 Å². The highest BCUT2D eigenvalue weighted by molar-refractivity contribution is 5.85. The molecule has 0 aliphatic rings. The molecule has 3 N–H and O–H groups in total. The summed E-state index contributed by atoms with van der Waals surface area (Å²) in [4.78, 5) is 8.04. The first kappa shape index (κ1) is 16.4. The van der Waals surface area contributed by atoms with Gasteiger partial charge < -0.3 is 11.1 Å². The number of hydrogen-bond acceptors (Lipinski definition) is 4. The van der Waals surface area contributed by atoms with E-state index in [2.05, 4.69) is 27.1 Å². The Morgan fingerprint density at radius 1 is 1.33 bits per heavy atom. The molecule has 0 atom stereocenters. The highest BCUT2D eigenvalue weighted by atomic mass is 35.5. The molecule has 6 heteroatoms. The van der Waals surface area contributed by atoms with Crippen LogP contribution >= 0.6 is 24.8 Å². The van der Waals surface area contributed by atoms with Crippen LogP contribution in [0.15, 0.2) is 12.4 Å². The minimum Gasteiger partial charge on any atom is -0.357 e. The fourth-order valence-electron chi connectivity index (χ4n) is 0.758. The zero-order chi connectivity index (χ0) is 9.52. The third-order valence-corrected chi connectivity index (χ3v) is 1.38. The highest BCUT2D eigenvalue weighted by Gasteiger charge is 1.90. The molecule has 84 valence electrons. The van der Waals surface area contributed by atoms with Gasteiger partial charge in [-0.25, -0.2) is 9.97 Å². The zero-order valence-corrected chi connectivity index (χ0v) is 9.99. The van der Waals surface area contributed by atoms with Crippen LogP contribution in [-0.2, 0) is 0 Å². The van der Waals surface area contributed by atoms with Gasteiger partial charge in [0.25, 0.3) is 0 Å². The summed E-state index contributed by atoms with van der Waals surface area (Å²) in [7, 11) is 1.77. The summed E-state index contributed by atoms with van der Waals surface area (Å²) < 4.78 is 0. The smallest absolute Gasteiger partial charge is 0.222 e. The molecule has 0 unspecified atom stereocenters. The predicted molar refractivity (Wildman–Crippen MR) is 66.6 cm³/mol. The first-order chi connectivity index (χ1) is 6.36. The molecule has 0 aliphatic heterocycles. The topological polar surface area (TPSA) is 63.8 Å². The number of nitrogens with one attached hydrogen (secondary N) is 1. The molecule has 0 radical (unpaired) electrons. The Labute approximate surface area is 102 Å². The van der Waals surface area contributed by atoms with Crippen molar-refractivity contribution in [1.29, 1.82) is 0 Å². The van der Waals surface area contributed by atoms with E-state index >= 15 is 0 Å². The molecule has 0 amide bonds. The molecular formula is C9H14Cl2N4. The van der Waals surface area contributed by atoms with Crippen molar-refractivity contribution in [3.05, 3.63) is 18.0 Å². The molecule has 1 rings (SSSR count). The average Bonchev–Trinajstić information content (AvgIpc) is 2.19. The van der Waals surface area contributed by atoms with E-state index in [1.54, 1.807) is 19.4 Å². The van der Waals surface area contributed by atoms with Crippen LogP contribution in [0.5, 0.6) is 0 Å². The van der Waals surface area contributed by atoms with Crippen LogP contribution in [0, 0.1) is 11.8 Å². The summed E-state index contributed by atoms with van der Waals surface area (Å²) in [5.74, 6) is 6.43. The van der Waals surface area contributed by atoms with Gasteiger partial charge in [0.2, 0.25) is 5.95 Å². The van der Waals surface area contributed by atoms with Crippen molar-refractivity contribution in [2.75, 3.05) is 18.9 Å². The van der Waals surface area contributed by atoms with E-state index < -0.39 is 0 Å². The van der Waals surface area contributed by atoms with E-state index in [0.29, 0.717) is 18.9 Å². The fraction of sp³-hybridized carbons (Fsp3) is 0.333. The van der Waals surface area contributed by atoms with Gasteiger partial charge in [0.1, 0.15) is 0 Å². The SMILES string of the molecule is CNc1ncc(C#CCCN)cn1.Cl.Cl. The largest absolute Gasteiger partial charge is 0.357 e. The van der Waals surface area contributed by atoms with Gasteiger partial charge in [0.15, 0.2) is 0 Å². The number of hydrogen-bond donors (Lipinski definition) is 2. The van der Waals surface area contributed by atoms with Gasteiger partial charge in [-0.05, 0) is 0 Å². The molecule has 0 aliphatic carbocycles. The molecule has 1 aromatic rings. The van der Waals surface area contributed by atoms with Crippen LogP contribution in [0.1, 0.15) is 12.0 Å². The molecule has 1 aromatic heterocycles. The van der Waals surface area contributed by atoms with Gasteiger partial charge in [-0.1, -0.05) is 11.8 Å². The van der Waals surface area contributed by atoms with E-state index in [0.717, 1.165) is 5.56 Å². The van der Waals surface area contributed by atoms with Crippen LogP contribution in [0.25, 0.3) is 0 Å². The summed E-state index contributed by atoms with van der Waals surface area (Å²) in [6, 6.07) is 0. The maximum atomic E-state index is 5.29. The second-order valence-corrected chi connectivity index (χ2v) is 2.39. The Bertz CT molecular complexity index is 315. The number of anilines is 1. The van der Waals surface area contributed by atoms with Crippen LogP contribution < -0.4 is 11.1 Å². The van der Waals surface area contributed by atoms with E-state index in [1.807, 2.05) is 0 Å². The zero-order valence-electron chi connectivity index (χ0n) is 8.36. The second kappa shape index (κ2) is 9.53. The van der Waals surface area contributed by atoms with Gasteiger partial charge >= 0.3 is 0 Å². The van der Waals surface area contributed by atoms with Gasteiger partial charge in [0.05, 0.1) is 5.56 Å². The van der Waals surface area contributed by atoms with Crippen molar-refractivity contribution in [2.24, 2.45) is 5.73 Å². The molecule has 1 heterocycles. The molecule has 0 bridgehead atoms. The number of aromatic nitrogens is 2. The van der Waals surface area contributed by atoms with E-state index in [-0.39, 0.29) is 24.8 Å². The maximum absolute atomic E-state index is 5.29. The molecule has 4 nitrogen and oxygen atoms in total. The van der Waals surface area contributed by atoms with Gasteiger partial charge in [0, 0.05) is 32.4 Å². The number of rotatable bonds is 2. The summed E-state index contributed by atoms with van der Waals surface area (Å²) in [5.41, 5.74) is 6.11. The molecule has 0 aromatic carbocycles. The highest BCUT2D eigenvalue weighted by Crippen LogP contribution is 1.96. The van der Waals surface area contributed by atoms with Crippen LogP contribution in [-0.4, -0.2) is 23.6 Å². The summed E-state index contributed by atoms with van der Waals surface area (Å²) >= 11 is 0. The number of halogens is 2. The third-order valence-electron chi connectivity index (χ3n) is 1.38. The van der Waals surface area contributed by atoms with Crippen LogP contribution in [0.3, 0.4) is 0 Å². The standard InChI is InChI=1S/C9H12N4.2ClH/c1-11-9-12-6-8(7-13-9)4-2-3-5-10;;/h6-7H,3,5,10H2,1H3,(H,11,12,13);2*1H. The lowest BCUT2D eigenvalue weighted by molar-refractivity contribution is 1.03.